The van der Waals surface area contributed by atoms with Gasteiger partial charge in [-0.05, 0) is 12.5 Å². The van der Waals surface area contributed by atoms with E-state index in [4.69, 9.17) is 24.4 Å². The molecule has 7 nitrogen and oxygen atoms in total. The van der Waals surface area contributed by atoms with E-state index in [1.807, 2.05) is 36.4 Å². The van der Waals surface area contributed by atoms with Crippen LogP contribution in [0.4, 0.5) is 0 Å². The minimum Gasteiger partial charge on any atom is -0.478 e. The first-order valence-electron chi connectivity index (χ1n) is 8.69. The molecule has 154 valence electrons. The van der Waals surface area contributed by atoms with Gasteiger partial charge in [-0.1, -0.05) is 55.1 Å². The minimum atomic E-state index is -0.933. The van der Waals surface area contributed by atoms with Gasteiger partial charge in [0, 0.05) is 11.6 Å². The average molecular weight is 392 g/mol. The highest BCUT2D eigenvalue weighted by Crippen LogP contribution is 2.00. The van der Waals surface area contributed by atoms with Crippen molar-refractivity contribution < 1.29 is 34.0 Å². The molecule has 1 aromatic rings. The summed E-state index contributed by atoms with van der Waals surface area (Å²) in [4.78, 5) is 21.0. The van der Waals surface area contributed by atoms with Crippen LogP contribution in [0.15, 0.2) is 60.7 Å². The molecule has 0 aliphatic carbocycles. The van der Waals surface area contributed by atoms with Crippen molar-refractivity contribution in [3.05, 3.63) is 66.3 Å². The SMILES string of the molecule is C=C(C)C(=O)OCCOCCOCCO.O=C(O)C=CC=Cc1ccccc1. The first-order chi connectivity index (χ1) is 13.5. The van der Waals surface area contributed by atoms with Crippen LogP contribution < -0.4 is 0 Å². The Labute approximate surface area is 165 Å². The molecule has 7 heteroatoms. The number of carboxylic acid groups (broad SMARTS) is 1. The summed E-state index contributed by atoms with van der Waals surface area (Å²) in [6.45, 7) is 6.75. The van der Waals surface area contributed by atoms with Gasteiger partial charge in [-0.2, -0.15) is 0 Å². The summed E-state index contributed by atoms with van der Waals surface area (Å²) >= 11 is 0. The molecule has 0 unspecified atom stereocenters. The summed E-state index contributed by atoms with van der Waals surface area (Å²) in [7, 11) is 0. The van der Waals surface area contributed by atoms with Crippen LogP contribution in [0.25, 0.3) is 6.08 Å². The highest BCUT2D eigenvalue weighted by atomic mass is 16.6. The molecule has 0 aromatic heterocycles. The smallest absolute Gasteiger partial charge is 0.333 e. The maximum atomic E-state index is 10.9. The third-order valence-electron chi connectivity index (χ3n) is 2.86. The van der Waals surface area contributed by atoms with Crippen molar-refractivity contribution in [1.29, 1.82) is 0 Å². The topological polar surface area (TPSA) is 102 Å². The lowest BCUT2D eigenvalue weighted by Crippen LogP contribution is -2.13. The fourth-order valence-corrected chi connectivity index (χ4v) is 1.57. The summed E-state index contributed by atoms with van der Waals surface area (Å²) in [5, 5.41) is 16.7. The zero-order chi connectivity index (χ0) is 21.0. The van der Waals surface area contributed by atoms with Crippen LogP contribution in [-0.2, 0) is 23.8 Å². The zero-order valence-electron chi connectivity index (χ0n) is 16.1. The number of carbonyl (C=O) groups is 2. The fraction of sp³-hybridized carbons (Fsp3) is 0.333. The third kappa shape index (κ3) is 16.7. The van der Waals surface area contributed by atoms with E-state index in [-0.39, 0.29) is 13.2 Å². The Balaban J connectivity index is 0.000000525. The lowest BCUT2D eigenvalue weighted by Gasteiger charge is -2.05. The first kappa shape index (κ1) is 25.3. The second kappa shape index (κ2) is 17.7. The third-order valence-corrected chi connectivity index (χ3v) is 2.86. The molecule has 0 spiro atoms. The van der Waals surface area contributed by atoms with Gasteiger partial charge in [0.2, 0.25) is 0 Å². The molecule has 0 aliphatic rings. The molecule has 0 heterocycles. The highest BCUT2D eigenvalue weighted by molar-refractivity contribution is 5.86. The molecule has 0 radical (unpaired) electrons. The molecular weight excluding hydrogens is 364 g/mol. The molecule has 0 fully saturated rings. The number of rotatable bonds is 12. The molecule has 0 atom stereocenters. The van der Waals surface area contributed by atoms with E-state index < -0.39 is 11.9 Å². The summed E-state index contributed by atoms with van der Waals surface area (Å²) in [6.07, 6.45) is 6.14. The highest BCUT2D eigenvalue weighted by Gasteiger charge is 2.01. The predicted octanol–water partition coefficient (Wildman–Crippen LogP) is 2.47. The van der Waals surface area contributed by atoms with Gasteiger partial charge >= 0.3 is 11.9 Å². The molecule has 0 amide bonds. The normalized spacial score (nSPS) is 10.5. The van der Waals surface area contributed by atoms with Crippen molar-refractivity contribution in [1.82, 2.24) is 0 Å². The van der Waals surface area contributed by atoms with Gasteiger partial charge in [0.15, 0.2) is 0 Å². The number of aliphatic hydroxyl groups is 1. The summed E-state index contributed by atoms with van der Waals surface area (Å²) < 4.78 is 14.8. The van der Waals surface area contributed by atoms with Gasteiger partial charge in [-0.3, -0.25) is 0 Å². The van der Waals surface area contributed by atoms with Gasteiger partial charge in [-0.15, -0.1) is 0 Å². The molecule has 1 rings (SSSR count). The monoisotopic (exact) mass is 392 g/mol. The maximum absolute atomic E-state index is 10.9. The fourth-order valence-electron chi connectivity index (χ4n) is 1.57. The van der Waals surface area contributed by atoms with Crippen molar-refractivity contribution in [2.45, 2.75) is 6.92 Å². The largest absolute Gasteiger partial charge is 0.478 e. The second-order valence-corrected chi connectivity index (χ2v) is 5.33. The minimum absolute atomic E-state index is 0.0101. The van der Waals surface area contributed by atoms with Crippen LogP contribution in [0.3, 0.4) is 0 Å². The van der Waals surface area contributed by atoms with Crippen molar-refractivity contribution >= 4 is 18.0 Å². The average Bonchev–Trinajstić information content (AvgIpc) is 2.68. The molecule has 0 aliphatic heterocycles. The lowest BCUT2D eigenvalue weighted by atomic mass is 10.2. The van der Waals surface area contributed by atoms with Gasteiger partial charge in [-0.25, -0.2) is 9.59 Å². The number of benzene rings is 1. The Hall–Kier alpha value is -2.74. The van der Waals surface area contributed by atoms with Gasteiger partial charge in [0.25, 0.3) is 0 Å². The molecule has 1 aromatic carbocycles. The van der Waals surface area contributed by atoms with Crippen LogP contribution in [0.5, 0.6) is 0 Å². The van der Waals surface area contributed by atoms with Crippen LogP contribution in [-0.4, -0.2) is 61.8 Å². The molecule has 2 N–H and O–H groups in total. The van der Waals surface area contributed by atoms with Crippen LogP contribution >= 0.6 is 0 Å². The number of allylic oxidation sites excluding steroid dienone is 2. The summed E-state index contributed by atoms with van der Waals surface area (Å²) in [6, 6.07) is 9.70. The van der Waals surface area contributed by atoms with Crippen LogP contribution in [0.1, 0.15) is 12.5 Å². The number of aliphatic hydroxyl groups excluding tert-OH is 1. The van der Waals surface area contributed by atoms with E-state index in [1.165, 1.54) is 6.08 Å². The van der Waals surface area contributed by atoms with E-state index >= 15 is 0 Å². The van der Waals surface area contributed by atoms with Crippen molar-refractivity contribution in [3.8, 4) is 0 Å². The van der Waals surface area contributed by atoms with E-state index in [0.29, 0.717) is 32.0 Å². The van der Waals surface area contributed by atoms with E-state index in [2.05, 4.69) is 6.58 Å². The van der Waals surface area contributed by atoms with Crippen molar-refractivity contribution in [3.63, 3.8) is 0 Å². The Kier molecular flexibility index (Phi) is 15.9. The first-order valence-corrected chi connectivity index (χ1v) is 8.69. The van der Waals surface area contributed by atoms with E-state index in [0.717, 1.165) is 11.6 Å². The van der Waals surface area contributed by atoms with E-state index in [1.54, 1.807) is 13.0 Å². The number of aliphatic carboxylic acids is 1. The Morgan fingerprint density at radius 1 is 1.00 bits per heavy atom. The Bertz CT molecular complexity index is 621. The Morgan fingerprint density at radius 3 is 2.18 bits per heavy atom. The number of esters is 1. The molecule has 0 saturated carbocycles. The van der Waals surface area contributed by atoms with Gasteiger partial charge in [0.05, 0.1) is 33.0 Å². The predicted molar refractivity (Wildman–Crippen MR) is 107 cm³/mol. The van der Waals surface area contributed by atoms with Crippen molar-refractivity contribution in [2.75, 3.05) is 39.6 Å². The number of hydrogen-bond donors (Lipinski definition) is 2. The van der Waals surface area contributed by atoms with Crippen LogP contribution in [0, 0.1) is 0 Å². The standard InChI is InChI=1S/C11H10O2.C10H18O5/c12-11(13)9-5-4-8-10-6-2-1-3-7-10;1-9(2)10(12)15-8-7-14-6-5-13-4-3-11/h1-9H,(H,12,13);11H,1,3-8H2,2H3. The van der Waals surface area contributed by atoms with Gasteiger partial charge < -0.3 is 24.4 Å². The van der Waals surface area contributed by atoms with Crippen LogP contribution in [0.2, 0.25) is 0 Å². The van der Waals surface area contributed by atoms with E-state index in [9.17, 15) is 9.59 Å². The molecule has 0 bridgehead atoms. The summed E-state index contributed by atoms with van der Waals surface area (Å²) in [5.41, 5.74) is 1.43. The summed E-state index contributed by atoms with van der Waals surface area (Å²) in [5.74, 6) is -1.34. The number of ether oxygens (including phenoxy) is 3. The zero-order valence-corrected chi connectivity index (χ0v) is 16.1. The quantitative estimate of drug-likeness (QED) is 0.244. The Morgan fingerprint density at radius 2 is 1.61 bits per heavy atom. The van der Waals surface area contributed by atoms with Gasteiger partial charge in [0.1, 0.15) is 6.61 Å². The lowest BCUT2D eigenvalue weighted by molar-refractivity contribution is -0.140. The molecule has 0 saturated heterocycles. The second-order valence-electron chi connectivity index (χ2n) is 5.33. The molecular formula is C21H28O7. The molecule has 28 heavy (non-hydrogen) atoms. The van der Waals surface area contributed by atoms with Crippen molar-refractivity contribution in [2.24, 2.45) is 0 Å². The maximum Gasteiger partial charge on any atom is 0.333 e. The number of carbonyl (C=O) groups excluding carboxylic acids is 1. The number of hydrogen-bond acceptors (Lipinski definition) is 6. The number of carboxylic acids is 1.